The maximum Gasteiger partial charge on any atom is 0.141 e. The molecule has 0 saturated heterocycles. The van der Waals surface area contributed by atoms with Gasteiger partial charge in [0.1, 0.15) is 17.5 Å². The van der Waals surface area contributed by atoms with E-state index in [4.69, 9.17) is 0 Å². The van der Waals surface area contributed by atoms with Crippen molar-refractivity contribution < 1.29 is 0 Å². The lowest BCUT2D eigenvalue weighted by Crippen LogP contribution is -2.21. The zero-order valence-electron chi connectivity index (χ0n) is 17.6. The van der Waals surface area contributed by atoms with Crippen molar-refractivity contribution in [3.05, 3.63) is 66.2 Å². The van der Waals surface area contributed by atoms with Gasteiger partial charge in [-0.05, 0) is 49.8 Å². The highest BCUT2D eigenvalue weighted by Gasteiger charge is 2.27. The first-order chi connectivity index (χ1) is 15.8. The lowest BCUT2D eigenvalue weighted by Gasteiger charge is -2.28. The molecule has 5 aromatic rings. The van der Waals surface area contributed by atoms with Crippen LogP contribution in [0.2, 0.25) is 0 Å². The van der Waals surface area contributed by atoms with Gasteiger partial charge in [-0.2, -0.15) is 5.26 Å². The Labute approximate surface area is 185 Å². The van der Waals surface area contributed by atoms with Gasteiger partial charge in [0.05, 0.1) is 17.3 Å². The first kappa shape index (κ1) is 18.8. The van der Waals surface area contributed by atoms with E-state index >= 15 is 0 Å². The summed E-state index contributed by atoms with van der Waals surface area (Å²) >= 11 is 0. The number of nitrogens with zero attached hydrogens (tertiary/aromatic N) is 5. The van der Waals surface area contributed by atoms with Crippen LogP contribution in [-0.2, 0) is 0 Å². The summed E-state index contributed by atoms with van der Waals surface area (Å²) in [5.74, 6) is 1.05. The predicted octanol–water partition coefficient (Wildman–Crippen LogP) is 5.02. The molecule has 32 heavy (non-hydrogen) atoms. The highest BCUT2D eigenvalue weighted by Crippen LogP contribution is 2.38. The number of hydrogen-bond donors (Lipinski definition) is 2. The van der Waals surface area contributed by atoms with Crippen LogP contribution >= 0.6 is 0 Å². The zero-order chi connectivity index (χ0) is 21.5. The summed E-state index contributed by atoms with van der Waals surface area (Å²) in [6, 6.07) is 16.4. The molecule has 0 atom stereocenters. The van der Waals surface area contributed by atoms with Crippen LogP contribution in [0.25, 0.3) is 27.3 Å². The average Bonchev–Trinajstić information content (AvgIpc) is 3.49. The summed E-state index contributed by atoms with van der Waals surface area (Å²) in [4.78, 5) is 7.59. The Morgan fingerprint density at radius 3 is 2.72 bits per heavy atom. The van der Waals surface area contributed by atoms with E-state index in [-0.39, 0.29) is 0 Å². The molecule has 0 aliphatic heterocycles. The molecule has 3 aromatic heterocycles. The van der Waals surface area contributed by atoms with Crippen LogP contribution in [0.15, 0.2) is 55.0 Å². The van der Waals surface area contributed by atoms with Gasteiger partial charge in [-0.1, -0.05) is 29.5 Å². The van der Waals surface area contributed by atoms with Crippen LogP contribution in [0.3, 0.4) is 0 Å². The van der Waals surface area contributed by atoms with Crippen LogP contribution in [0.4, 0.5) is 5.69 Å². The Bertz CT molecular complexity index is 1460. The first-order valence-electron chi connectivity index (χ1n) is 11.1. The van der Waals surface area contributed by atoms with Crippen LogP contribution in [0.5, 0.6) is 0 Å². The summed E-state index contributed by atoms with van der Waals surface area (Å²) < 4.78 is 1.80. The molecule has 0 radical (unpaired) electrons. The molecule has 2 N–H and O–H groups in total. The molecule has 0 spiro atoms. The van der Waals surface area contributed by atoms with Crippen molar-refractivity contribution in [2.24, 2.45) is 5.92 Å². The molecule has 7 heteroatoms. The molecule has 1 fully saturated rings. The second-order valence-corrected chi connectivity index (χ2v) is 8.67. The highest BCUT2D eigenvalue weighted by molar-refractivity contribution is 5.97. The Kier molecular flexibility index (Phi) is 4.50. The van der Waals surface area contributed by atoms with E-state index in [9.17, 15) is 5.26 Å². The molecule has 6 rings (SSSR count). The minimum Gasteiger partial charge on any atom is -0.384 e. The third-order valence-electron chi connectivity index (χ3n) is 6.86. The number of aromatic nitrogens is 5. The number of anilines is 1. The van der Waals surface area contributed by atoms with Gasteiger partial charge in [0.25, 0.3) is 0 Å². The van der Waals surface area contributed by atoms with Gasteiger partial charge < -0.3 is 10.3 Å². The van der Waals surface area contributed by atoms with E-state index in [1.807, 2.05) is 36.5 Å². The molecule has 7 nitrogen and oxygen atoms in total. The number of aromatic amines is 1. The quantitative estimate of drug-likeness (QED) is 0.425. The van der Waals surface area contributed by atoms with Crippen LogP contribution < -0.4 is 5.32 Å². The van der Waals surface area contributed by atoms with Crippen molar-refractivity contribution in [1.29, 1.82) is 5.26 Å². The fourth-order valence-electron chi connectivity index (χ4n) is 5.14. The van der Waals surface area contributed by atoms with Gasteiger partial charge in [-0.15, -0.1) is 5.10 Å². The normalized spacial score (nSPS) is 18.8. The number of H-pyrrole nitrogens is 1. The number of fused-ring (bicyclic) bond motifs is 4. The van der Waals surface area contributed by atoms with Crippen molar-refractivity contribution in [1.82, 2.24) is 24.8 Å². The van der Waals surface area contributed by atoms with Crippen molar-refractivity contribution in [2.75, 3.05) is 11.9 Å². The molecular weight excluding hydrogens is 398 g/mol. The van der Waals surface area contributed by atoms with Crippen LogP contribution in [0.1, 0.15) is 42.9 Å². The summed E-state index contributed by atoms with van der Waals surface area (Å²) in [6.07, 6.45) is 8.20. The SMILES string of the molecule is N#Cc1ccc(NCC2CCC(c3nnn4cnc5[nH]ccc5c34)CC2)c2ccccc12. The summed E-state index contributed by atoms with van der Waals surface area (Å²) in [5, 5.41) is 25.1. The highest BCUT2D eigenvalue weighted by atomic mass is 15.4. The lowest BCUT2D eigenvalue weighted by molar-refractivity contribution is 0.336. The third kappa shape index (κ3) is 3.07. The minimum atomic E-state index is 0.431. The van der Waals surface area contributed by atoms with E-state index in [0.717, 1.165) is 76.5 Å². The maximum absolute atomic E-state index is 9.39. The molecule has 1 aliphatic rings. The molecule has 1 saturated carbocycles. The summed E-state index contributed by atoms with van der Waals surface area (Å²) in [5.41, 5.74) is 4.89. The zero-order valence-corrected chi connectivity index (χ0v) is 17.6. The van der Waals surface area contributed by atoms with Gasteiger partial charge in [0, 0.05) is 40.5 Å². The molecule has 0 bridgehead atoms. The second-order valence-electron chi connectivity index (χ2n) is 8.67. The molecule has 1 aliphatic carbocycles. The molecule has 2 aromatic carbocycles. The number of hydrogen-bond acceptors (Lipinski definition) is 5. The van der Waals surface area contributed by atoms with Crippen molar-refractivity contribution in [3.8, 4) is 6.07 Å². The van der Waals surface area contributed by atoms with Gasteiger partial charge in [-0.25, -0.2) is 9.50 Å². The summed E-state index contributed by atoms with van der Waals surface area (Å²) in [6.45, 7) is 0.941. The van der Waals surface area contributed by atoms with Gasteiger partial charge in [0.2, 0.25) is 0 Å². The van der Waals surface area contributed by atoms with Gasteiger partial charge in [-0.3, -0.25) is 0 Å². The lowest BCUT2D eigenvalue weighted by atomic mass is 9.80. The van der Waals surface area contributed by atoms with Gasteiger partial charge in [0.15, 0.2) is 0 Å². The average molecular weight is 422 g/mol. The first-order valence-corrected chi connectivity index (χ1v) is 11.1. The molecule has 3 heterocycles. The van der Waals surface area contributed by atoms with Crippen LogP contribution in [-0.4, -0.2) is 31.3 Å². The molecule has 0 amide bonds. The third-order valence-corrected chi connectivity index (χ3v) is 6.86. The largest absolute Gasteiger partial charge is 0.384 e. The van der Waals surface area contributed by atoms with E-state index in [2.05, 4.69) is 43.8 Å². The Morgan fingerprint density at radius 1 is 1.03 bits per heavy atom. The molecule has 0 unspecified atom stereocenters. The molecular formula is C25H23N7. The second kappa shape index (κ2) is 7.65. The Balaban J connectivity index is 1.17. The monoisotopic (exact) mass is 421 g/mol. The van der Waals surface area contributed by atoms with E-state index in [1.54, 1.807) is 10.8 Å². The number of benzene rings is 2. The minimum absolute atomic E-state index is 0.431. The summed E-state index contributed by atoms with van der Waals surface area (Å²) in [7, 11) is 0. The van der Waals surface area contributed by atoms with Crippen molar-refractivity contribution in [2.45, 2.75) is 31.6 Å². The fourth-order valence-corrected chi connectivity index (χ4v) is 5.14. The van der Waals surface area contributed by atoms with Crippen molar-refractivity contribution >= 4 is 33.0 Å². The number of nitrogens with one attached hydrogen (secondary N) is 2. The predicted molar refractivity (Wildman–Crippen MR) is 124 cm³/mol. The number of nitriles is 1. The Hall–Kier alpha value is -3.92. The smallest absolute Gasteiger partial charge is 0.141 e. The van der Waals surface area contributed by atoms with Crippen molar-refractivity contribution in [3.63, 3.8) is 0 Å². The van der Waals surface area contributed by atoms with Gasteiger partial charge >= 0.3 is 0 Å². The van der Waals surface area contributed by atoms with E-state index in [1.165, 1.54) is 0 Å². The number of rotatable bonds is 4. The fraction of sp³-hybridized carbons (Fsp3) is 0.280. The Morgan fingerprint density at radius 2 is 1.88 bits per heavy atom. The topological polar surface area (TPSA) is 94.7 Å². The standard InChI is InChI=1S/C25H23N7/c26-13-18-9-10-22(20-4-2-1-3-19(18)20)28-14-16-5-7-17(8-6-16)23-24-21-11-12-27-25(21)29-15-32(24)31-30-23/h1-4,9-12,15-17,27-28H,5-8,14H2. The van der Waals surface area contributed by atoms with Crippen LogP contribution in [0, 0.1) is 17.2 Å². The maximum atomic E-state index is 9.39. The molecule has 158 valence electrons. The van der Waals surface area contributed by atoms with E-state index in [0.29, 0.717) is 11.8 Å². The van der Waals surface area contributed by atoms with E-state index < -0.39 is 0 Å².